The molecule has 0 aromatic heterocycles. The van der Waals surface area contributed by atoms with E-state index >= 15 is 0 Å². The topological polar surface area (TPSA) is 271 Å². The van der Waals surface area contributed by atoms with Gasteiger partial charge in [0, 0.05) is 56.4 Å². The van der Waals surface area contributed by atoms with Crippen LogP contribution in [0.25, 0.3) is 32.3 Å². The van der Waals surface area contributed by atoms with E-state index in [4.69, 9.17) is 4.74 Å². The summed E-state index contributed by atoms with van der Waals surface area (Å²) < 4.78 is 62.8. The summed E-state index contributed by atoms with van der Waals surface area (Å²) in [6, 6.07) is 27.4. The van der Waals surface area contributed by atoms with Crippen molar-refractivity contribution in [3.63, 3.8) is 0 Å². The van der Waals surface area contributed by atoms with E-state index in [0.717, 1.165) is 29.7 Å². The van der Waals surface area contributed by atoms with Crippen LogP contribution in [0.4, 0.5) is 28.4 Å². The zero-order valence-corrected chi connectivity index (χ0v) is 37.6. The largest absolute Gasteiger partial charge is 1.00 e. The number of phenolic OH excluding ortho intramolecular Hbond substituents is 4. The van der Waals surface area contributed by atoms with E-state index in [1.54, 1.807) is 60.7 Å². The van der Waals surface area contributed by atoms with E-state index in [2.05, 4.69) is 20.5 Å². The van der Waals surface area contributed by atoms with Gasteiger partial charge in [0.25, 0.3) is 15.8 Å². The number of nitro groups is 1. The van der Waals surface area contributed by atoms with Crippen molar-refractivity contribution in [3.05, 3.63) is 119 Å². The summed E-state index contributed by atoms with van der Waals surface area (Å²) in [4.78, 5) is 9.33. The molecule has 17 nitrogen and oxygen atoms in total. The Kier molecular flexibility index (Phi) is 14.9. The van der Waals surface area contributed by atoms with Gasteiger partial charge in [-0.3, -0.25) is 14.7 Å². The van der Waals surface area contributed by atoms with Gasteiger partial charge in [-0.15, -0.1) is 20.5 Å². The Morgan fingerprint density at radius 3 is 1.83 bits per heavy atom. The predicted octanol–water partition coefficient (Wildman–Crippen LogP) is 2.77. The van der Waals surface area contributed by atoms with Crippen LogP contribution in [0.15, 0.2) is 139 Å². The summed E-state index contributed by atoms with van der Waals surface area (Å²) in [5, 5.41) is 70.2. The molecular weight excluding hydrogens is 869 g/mol. The van der Waals surface area contributed by atoms with Crippen molar-refractivity contribution in [1.29, 1.82) is 0 Å². The molecule has 8 rings (SSSR count). The van der Waals surface area contributed by atoms with E-state index in [0.29, 0.717) is 21.5 Å². The molecule has 5 N–H and O–H groups in total. The molecule has 1 aliphatic heterocycles. The third-order valence-corrected chi connectivity index (χ3v) is 10.9. The van der Waals surface area contributed by atoms with Crippen LogP contribution in [-0.4, -0.2) is 52.7 Å². The van der Waals surface area contributed by atoms with E-state index in [1.165, 1.54) is 12.1 Å². The first-order valence-electron chi connectivity index (χ1n) is 16.0. The standard InChI is InChI=1S/C20H14N2O5S.C17H11N3O7S.Cr.2Na/c23-16-10-9-12-5-1-2-6-13(12)19(16)21-22-20-15-8-4-3-7-14(15)18(11-17(20)24)28(25,26)27;21-13-7-9(20(23)24)5-6-12(13)18-19-14-15(22)10-3-1-2-4-11(10)16-17(14)28(25,26)8-27-16;;;/h1-11,23-24H,(H,25,26,27);1-7,21-22H,8H2;;;/q;;;2*+1. The van der Waals surface area contributed by atoms with Crippen LogP contribution < -0.4 is 63.9 Å². The summed E-state index contributed by atoms with van der Waals surface area (Å²) in [6.07, 6.45) is 0. The molecule has 0 bridgehead atoms. The zero-order chi connectivity index (χ0) is 39.9. The molecule has 0 fully saturated rings. The number of non-ortho nitro benzene ring substituents is 1. The average Bonchev–Trinajstić information content (AvgIpc) is 3.49. The number of rotatable bonds is 6. The molecule has 1 aliphatic rings. The minimum atomic E-state index is -4.54. The van der Waals surface area contributed by atoms with E-state index in [-0.39, 0.29) is 127 Å². The van der Waals surface area contributed by atoms with Crippen LogP contribution in [0, 0.1) is 10.1 Å². The van der Waals surface area contributed by atoms with Gasteiger partial charge < -0.3 is 25.2 Å². The van der Waals surface area contributed by atoms with Crippen molar-refractivity contribution >= 4 is 80.7 Å². The zero-order valence-electron chi connectivity index (χ0n) is 30.7. The van der Waals surface area contributed by atoms with E-state index in [9.17, 15) is 51.9 Å². The fraction of sp³-hybridized carbons (Fsp3) is 0.0270. The minimum absolute atomic E-state index is 0. The van der Waals surface area contributed by atoms with Gasteiger partial charge in [-0.05, 0) is 17.5 Å². The maximum absolute atomic E-state index is 12.4. The Bertz CT molecular complexity index is 3080. The van der Waals surface area contributed by atoms with Gasteiger partial charge in [0.05, 0.1) is 11.0 Å². The summed E-state index contributed by atoms with van der Waals surface area (Å²) in [5.74, 6) is -2.01. The summed E-state index contributed by atoms with van der Waals surface area (Å²) in [6.45, 7) is 0. The Labute approximate surface area is 389 Å². The number of benzene rings is 7. The Balaban J connectivity index is 0.000000248. The number of azo groups is 2. The molecule has 288 valence electrons. The van der Waals surface area contributed by atoms with Crippen LogP contribution in [0.3, 0.4) is 0 Å². The van der Waals surface area contributed by atoms with Crippen molar-refractivity contribution in [2.75, 3.05) is 5.94 Å². The van der Waals surface area contributed by atoms with Crippen molar-refractivity contribution in [3.8, 4) is 28.7 Å². The second-order valence-corrected chi connectivity index (χ2v) is 15.3. The maximum Gasteiger partial charge on any atom is 1.00 e. The molecule has 0 amide bonds. The number of sulfone groups is 1. The number of hydrogen-bond donors (Lipinski definition) is 5. The molecule has 22 heteroatoms. The first-order chi connectivity index (χ1) is 26.7. The molecule has 0 radical (unpaired) electrons. The number of fused-ring (bicyclic) bond motifs is 5. The van der Waals surface area contributed by atoms with Crippen molar-refractivity contribution in [2.45, 2.75) is 9.79 Å². The van der Waals surface area contributed by atoms with Crippen molar-refractivity contribution in [1.82, 2.24) is 0 Å². The van der Waals surface area contributed by atoms with Crippen LogP contribution in [0.1, 0.15) is 0 Å². The normalized spacial score (nSPS) is 12.8. The van der Waals surface area contributed by atoms with Crippen molar-refractivity contribution < 1.29 is 128 Å². The molecule has 0 spiro atoms. The Hall–Kier alpha value is -4.69. The third kappa shape index (κ3) is 9.38. The first kappa shape index (κ1) is 47.0. The van der Waals surface area contributed by atoms with Gasteiger partial charge in [0.2, 0.25) is 9.84 Å². The van der Waals surface area contributed by atoms with Gasteiger partial charge >= 0.3 is 59.1 Å². The Morgan fingerprint density at radius 1 is 0.644 bits per heavy atom. The number of nitro benzene ring substituents is 1. The molecule has 1 heterocycles. The summed E-state index contributed by atoms with van der Waals surface area (Å²) in [7, 11) is -8.41. The molecule has 7 aromatic rings. The van der Waals surface area contributed by atoms with Crippen LogP contribution in [0.2, 0.25) is 0 Å². The molecule has 0 aliphatic carbocycles. The summed E-state index contributed by atoms with van der Waals surface area (Å²) in [5.41, 5.74) is -0.565. The molecule has 0 saturated carbocycles. The molecule has 0 saturated heterocycles. The fourth-order valence-corrected chi connectivity index (χ4v) is 7.96. The van der Waals surface area contributed by atoms with Crippen LogP contribution in [-0.2, 0) is 37.3 Å². The fourth-order valence-electron chi connectivity index (χ4n) is 5.97. The SMILES string of the molecule is O=S(=O)(O)c1cc(O)c(N=Nc2c(O)ccc3ccccc23)c2ccccc12.O=[N+]([O-])c1ccc(N=Nc2c3c(c4ccccc4c2O)OCS3(=O)=O)c(O)c1.[Cr].[Na+].[Na+]. The van der Waals surface area contributed by atoms with Crippen molar-refractivity contribution in [2.24, 2.45) is 20.5 Å². The number of phenols is 4. The van der Waals surface area contributed by atoms with Gasteiger partial charge in [0.1, 0.15) is 49.9 Å². The molecular formula is C37H25CrN5Na2O12S2+2. The smallest absolute Gasteiger partial charge is 0.506 e. The monoisotopic (exact) mass is 893 g/mol. The second-order valence-electron chi connectivity index (χ2n) is 12.0. The minimum Gasteiger partial charge on any atom is -0.506 e. The van der Waals surface area contributed by atoms with Crippen LogP contribution in [0.5, 0.6) is 28.7 Å². The predicted molar refractivity (Wildman–Crippen MR) is 202 cm³/mol. The molecule has 0 atom stereocenters. The van der Waals surface area contributed by atoms with E-state index in [1.807, 2.05) is 12.1 Å². The Morgan fingerprint density at radius 2 is 1.20 bits per heavy atom. The summed E-state index contributed by atoms with van der Waals surface area (Å²) >= 11 is 0. The molecule has 7 aromatic carbocycles. The number of aromatic hydroxyl groups is 4. The number of nitrogens with zero attached hydrogens (tertiary/aromatic N) is 5. The van der Waals surface area contributed by atoms with E-state index < -0.39 is 53.0 Å². The average molecular weight is 894 g/mol. The first-order valence-corrected chi connectivity index (χ1v) is 19.1. The van der Waals surface area contributed by atoms with Gasteiger partial charge in [-0.1, -0.05) is 78.9 Å². The third-order valence-electron chi connectivity index (χ3n) is 8.53. The molecule has 59 heavy (non-hydrogen) atoms. The van der Waals surface area contributed by atoms with Crippen LogP contribution >= 0.6 is 0 Å². The second kappa shape index (κ2) is 18.7. The quantitative estimate of drug-likeness (QED) is 0.0530. The van der Waals surface area contributed by atoms with Gasteiger partial charge in [-0.25, -0.2) is 8.42 Å². The van der Waals surface area contributed by atoms with Gasteiger partial charge in [0.15, 0.2) is 17.4 Å². The number of ether oxygens (including phenoxy) is 1. The molecule has 0 unspecified atom stereocenters. The maximum atomic E-state index is 12.4. The van der Waals surface area contributed by atoms with Gasteiger partial charge in [-0.2, -0.15) is 8.42 Å². The number of hydrogen-bond acceptors (Lipinski definition) is 15.